The maximum Gasteiger partial charge on any atom is 0.346 e. The number of hydrogen-bond donors (Lipinski definition) is 0. The van der Waals surface area contributed by atoms with Gasteiger partial charge >= 0.3 is 11.9 Å². The molecule has 106 valence electrons. The Balaban J connectivity index is 2.10. The van der Waals surface area contributed by atoms with Gasteiger partial charge in [0.25, 0.3) is 0 Å². The number of esters is 2. The molecule has 2 rings (SSSR count). The third-order valence-corrected chi connectivity index (χ3v) is 2.91. The molecule has 0 aliphatic heterocycles. The monoisotopic (exact) mass is 290 g/mol. The van der Waals surface area contributed by atoms with Gasteiger partial charge in [-0.3, -0.25) is 0 Å². The van der Waals surface area contributed by atoms with Crippen molar-refractivity contribution in [2.75, 3.05) is 0 Å². The van der Waals surface area contributed by atoms with Crippen LogP contribution >= 0.6 is 0 Å². The summed E-state index contributed by atoms with van der Waals surface area (Å²) in [6.07, 6.45) is 6.54. The SMILES string of the molecule is N#CC1=CC=C(C(=O)OC(=O)c2ccc(C#N)cc2)C=CC1. The smallest absolute Gasteiger partial charge is 0.346 e. The van der Waals surface area contributed by atoms with E-state index in [-0.39, 0.29) is 11.1 Å². The lowest BCUT2D eigenvalue weighted by molar-refractivity contribution is -0.133. The highest BCUT2D eigenvalue weighted by Crippen LogP contribution is 2.13. The molecule has 0 spiro atoms. The average Bonchev–Trinajstić information content (AvgIpc) is 2.80. The number of carbonyl (C=O) groups is 2. The Morgan fingerprint density at radius 2 is 1.73 bits per heavy atom. The Morgan fingerprint density at radius 3 is 2.36 bits per heavy atom. The predicted molar refractivity (Wildman–Crippen MR) is 77.1 cm³/mol. The fraction of sp³-hybridized carbons (Fsp3) is 0.0588. The van der Waals surface area contributed by atoms with E-state index in [1.54, 1.807) is 6.08 Å². The molecule has 0 saturated carbocycles. The molecule has 5 heteroatoms. The molecule has 22 heavy (non-hydrogen) atoms. The largest absolute Gasteiger partial charge is 0.386 e. The number of ether oxygens (including phenoxy) is 1. The number of carbonyl (C=O) groups excluding carboxylic acids is 2. The molecular formula is C17H10N2O3. The summed E-state index contributed by atoms with van der Waals surface area (Å²) < 4.78 is 4.78. The van der Waals surface area contributed by atoms with Crippen LogP contribution in [0.4, 0.5) is 0 Å². The van der Waals surface area contributed by atoms with Crippen molar-refractivity contribution in [1.82, 2.24) is 0 Å². The number of rotatable bonds is 2. The Labute approximate surface area is 127 Å². The van der Waals surface area contributed by atoms with Crippen molar-refractivity contribution in [2.45, 2.75) is 6.42 Å². The molecule has 0 unspecified atom stereocenters. The summed E-state index contributed by atoms with van der Waals surface area (Å²) in [7, 11) is 0. The standard InChI is InChI=1S/C17H10N2O3/c18-10-12-2-1-3-14(7-4-12)16(20)22-17(21)15-8-5-13(11-19)6-9-15/h1,3-9H,2H2. The zero-order chi connectivity index (χ0) is 15.9. The Morgan fingerprint density at radius 1 is 1.00 bits per heavy atom. The van der Waals surface area contributed by atoms with Crippen LogP contribution in [0.1, 0.15) is 22.3 Å². The van der Waals surface area contributed by atoms with Crippen LogP contribution in [0.5, 0.6) is 0 Å². The lowest BCUT2D eigenvalue weighted by Crippen LogP contribution is -2.13. The second-order valence-corrected chi connectivity index (χ2v) is 4.40. The first-order chi connectivity index (χ1) is 10.6. The first-order valence-corrected chi connectivity index (χ1v) is 6.38. The van der Waals surface area contributed by atoms with Crippen LogP contribution in [-0.2, 0) is 9.53 Å². The average molecular weight is 290 g/mol. The number of allylic oxidation sites excluding steroid dienone is 4. The second kappa shape index (κ2) is 6.83. The van der Waals surface area contributed by atoms with Gasteiger partial charge in [-0.15, -0.1) is 0 Å². The molecule has 1 aliphatic carbocycles. The van der Waals surface area contributed by atoms with Gasteiger partial charge in [-0.25, -0.2) is 9.59 Å². The van der Waals surface area contributed by atoms with Gasteiger partial charge in [0.15, 0.2) is 0 Å². The molecule has 0 amide bonds. The molecule has 5 nitrogen and oxygen atoms in total. The first-order valence-electron chi connectivity index (χ1n) is 6.38. The fourth-order valence-electron chi connectivity index (χ4n) is 1.73. The van der Waals surface area contributed by atoms with Crippen LogP contribution in [0.15, 0.2) is 59.7 Å². The summed E-state index contributed by atoms with van der Waals surface area (Å²) in [5, 5.41) is 17.5. The van der Waals surface area contributed by atoms with Crippen molar-refractivity contribution in [3.05, 3.63) is 70.8 Å². The Bertz CT molecular complexity index is 785. The minimum absolute atomic E-state index is 0.179. The zero-order valence-electron chi connectivity index (χ0n) is 11.4. The summed E-state index contributed by atoms with van der Waals surface area (Å²) >= 11 is 0. The van der Waals surface area contributed by atoms with E-state index in [4.69, 9.17) is 15.3 Å². The predicted octanol–water partition coefficient (Wildman–Crippen LogP) is 2.58. The van der Waals surface area contributed by atoms with Gasteiger partial charge in [-0.2, -0.15) is 10.5 Å². The van der Waals surface area contributed by atoms with Crippen molar-refractivity contribution >= 4 is 11.9 Å². The number of benzene rings is 1. The molecule has 1 aromatic rings. The summed E-state index contributed by atoms with van der Waals surface area (Å²) in [4.78, 5) is 23.8. The van der Waals surface area contributed by atoms with Gasteiger partial charge in [0.05, 0.1) is 28.8 Å². The maximum atomic E-state index is 11.9. The lowest BCUT2D eigenvalue weighted by Gasteiger charge is -2.03. The molecule has 0 radical (unpaired) electrons. The third kappa shape index (κ3) is 3.56. The molecule has 1 aliphatic rings. The van der Waals surface area contributed by atoms with Crippen molar-refractivity contribution < 1.29 is 14.3 Å². The van der Waals surface area contributed by atoms with Crippen LogP contribution < -0.4 is 0 Å². The van der Waals surface area contributed by atoms with E-state index >= 15 is 0 Å². The zero-order valence-corrected chi connectivity index (χ0v) is 11.4. The maximum absolute atomic E-state index is 11.9. The van der Waals surface area contributed by atoms with Crippen molar-refractivity contribution in [2.24, 2.45) is 0 Å². The molecular weight excluding hydrogens is 280 g/mol. The topological polar surface area (TPSA) is 90.9 Å². The van der Waals surface area contributed by atoms with E-state index in [9.17, 15) is 9.59 Å². The Hall–Kier alpha value is -3.44. The first kappa shape index (κ1) is 15.0. The molecule has 0 heterocycles. The summed E-state index contributed by atoms with van der Waals surface area (Å²) in [5.74, 6) is -1.58. The van der Waals surface area contributed by atoms with Gasteiger partial charge in [-0.1, -0.05) is 12.2 Å². The van der Waals surface area contributed by atoms with Gasteiger partial charge in [0.2, 0.25) is 0 Å². The highest BCUT2D eigenvalue weighted by Gasteiger charge is 2.16. The molecule has 0 aromatic heterocycles. The third-order valence-electron chi connectivity index (χ3n) is 2.91. The van der Waals surface area contributed by atoms with Crippen molar-refractivity contribution in [1.29, 1.82) is 10.5 Å². The van der Waals surface area contributed by atoms with Gasteiger partial charge in [0.1, 0.15) is 0 Å². The summed E-state index contributed by atoms with van der Waals surface area (Å²) in [6.45, 7) is 0. The van der Waals surface area contributed by atoms with Crippen LogP contribution in [0, 0.1) is 22.7 Å². The molecule has 0 fully saturated rings. The number of nitriles is 2. The Kier molecular flexibility index (Phi) is 4.64. The highest BCUT2D eigenvalue weighted by atomic mass is 16.6. The molecule has 0 N–H and O–H groups in total. The van der Waals surface area contributed by atoms with E-state index in [1.165, 1.54) is 42.5 Å². The van der Waals surface area contributed by atoms with E-state index < -0.39 is 11.9 Å². The number of nitrogens with zero attached hydrogens (tertiary/aromatic N) is 2. The summed E-state index contributed by atoms with van der Waals surface area (Å²) in [5.41, 5.74) is 1.29. The van der Waals surface area contributed by atoms with Gasteiger partial charge in [-0.05, 0) is 36.4 Å². The lowest BCUT2D eigenvalue weighted by atomic mass is 10.1. The molecule has 1 aromatic carbocycles. The quantitative estimate of drug-likeness (QED) is 0.616. The fourth-order valence-corrected chi connectivity index (χ4v) is 1.73. The van der Waals surface area contributed by atoms with Crippen molar-refractivity contribution in [3.8, 4) is 12.1 Å². The highest BCUT2D eigenvalue weighted by molar-refractivity contribution is 6.03. The van der Waals surface area contributed by atoms with Gasteiger partial charge < -0.3 is 4.74 Å². The minimum atomic E-state index is -0.794. The number of hydrogen-bond acceptors (Lipinski definition) is 5. The van der Waals surface area contributed by atoms with E-state index in [0.29, 0.717) is 17.6 Å². The normalized spacial score (nSPS) is 13.0. The van der Waals surface area contributed by atoms with E-state index in [0.717, 1.165) is 0 Å². The van der Waals surface area contributed by atoms with Crippen molar-refractivity contribution in [3.63, 3.8) is 0 Å². The second-order valence-electron chi connectivity index (χ2n) is 4.40. The van der Waals surface area contributed by atoms with Crippen LogP contribution in [0.3, 0.4) is 0 Å². The molecule has 0 atom stereocenters. The molecule has 0 saturated heterocycles. The van der Waals surface area contributed by atoms with E-state index in [1.807, 2.05) is 12.1 Å². The minimum Gasteiger partial charge on any atom is -0.386 e. The van der Waals surface area contributed by atoms with Crippen LogP contribution in [0.2, 0.25) is 0 Å². The molecule has 0 bridgehead atoms. The van der Waals surface area contributed by atoms with Crippen LogP contribution in [0.25, 0.3) is 0 Å². The summed E-state index contributed by atoms with van der Waals surface area (Å²) in [6, 6.07) is 9.70. The van der Waals surface area contributed by atoms with E-state index in [2.05, 4.69) is 0 Å². The van der Waals surface area contributed by atoms with Crippen LogP contribution in [-0.4, -0.2) is 11.9 Å². The van der Waals surface area contributed by atoms with Gasteiger partial charge in [0, 0.05) is 12.0 Å².